The van der Waals surface area contributed by atoms with Crippen molar-refractivity contribution in [1.82, 2.24) is 5.32 Å². The molecule has 0 fully saturated rings. The molecule has 0 spiro atoms. The van der Waals surface area contributed by atoms with Gasteiger partial charge in [0.25, 0.3) is 0 Å². The highest BCUT2D eigenvalue weighted by Crippen LogP contribution is 2.20. The Bertz CT molecular complexity index is 269. The second-order valence-electron chi connectivity index (χ2n) is 5.29. The van der Waals surface area contributed by atoms with Gasteiger partial charge >= 0.3 is 5.97 Å². The van der Waals surface area contributed by atoms with E-state index in [4.69, 9.17) is 10.8 Å². The number of carboxylic acids is 1. The first-order chi connectivity index (χ1) is 7.07. The van der Waals surface area contributed by atoms with Crippen molar-refractivity contribution < 1.29 is 14.7 Å². The molecule has 5 nitrogen and oxygen atoms in total. The lowest BCUT2D eigenvalue weighted by atomic mass is 9.86. The summed E-state index contributed by atoms with van der Waals surface area (Å²) in [4.78, 5) is 22.7. The van der Waals surface area contributed by atoms with Gasteiger partial charge in [-0.3, -0.25) is 4.79 Å². The highest BCUT2D eigenvalue weighted by atomic mass is 16.4. The van der Waals surface area contributed by atoms with Crippen molar-refractivity contribution in [2.45, 2.75) is 46.7 Å². The van der Waals surface area contributed by atoms with Crippen LogP contribution in [0.5, 0.6) is 0 Å². The lowest BCUT2D eigenvalue weighted by Crippen LogP contribution is -2.52. The number of rotatable bonds is 4. The van der Waals surface area contributed by atoms with Crippen LogP contribution in [0.1, 0.15) is 34.6 Å². The van der Waals surface area contributed by atoms with Crippen LogP contribution < -0.4 is 11.1 Å². The van der Waals surface area contributed by atoms with Crippen LogP contribution in [0.4, 0.5) is 0 Å². The predicted octanol–water partition coefficient (Wildman–Crippen LogP) is 0.585. The molecule has 3 atom stereocenters. The average Bonchev–Trinajstić information content (AvgIpc) is 2.09. The van der Waals surface area contributed by atoms with Gasteiger partial charge in [0, 0.05) is 12.0 Å². The van der Waals surface area contributed by atoms with Gasteiger partial charge < -0.3 is 16.2 Å². The van der Waals surface area contributed by atoms with Gasteiger partial charge in [0.1, 0.15) is 6.04 Å². The van der Waals surface area contributed by atoms with E-state index in [-0.39, 0.29) is 11.9 Å². The lowest BCUT2D eigenvalue weighted by Gasteiger charge is -2.29. The Hall–Kier alpha value is -1.10. The maximum absolute atomic E-state index is 11.7. The second-order valence-corrected chi connectivity index (χ2v) is 5.29. The van der Waals surface area contributed by atoms with Gasteiger partial charge in [-0.05, 0) is 12.3 Å². The predicted molar refractivity (Wildman–Crippen MR) is 61.8 cm³/mol. The van der Waals surface area contributed by atoms with E-state index in [0.29, 0.717) is 0 Å². The Kier molecular flexibility index (Phi) is 4.93. The molecule has 0 radical (unpaired) electrons. The molecule has 94 valence electrons. The van der Waals surface area contributed by atoms with E-state index in [2.05, 4.69) is 5.32 Å². The highest BCUT2D eigenvalue weighted by molar-refractivity contribution is 5.85. The van der Waals surface area contributed by atoms with Crippen LogP contribution >= 0.6 is 0 Å². The third kappa shape index (κ3) is 4.18. The number of nitrogens with one attached hydrogen (secondary N) is 1. The molecule has 4 N–H and O–H groups in total. The molecule has 5 heteroatoms. The van der Waals surface area contributed by atoms with Gasteiger partial charge in [-0.2, -0.15) is 0 Å². The first kappa shape index (κ1) is 14.9. The molecule has 2 unspecified atom stereocenters. The summed E-state index contributed by atoms with van der Waals surface area (Å²) in [5.74, 6) is -1.75. The quantitative estimate of drug-likeness (QED) is 0.659. The molecule has 0 aliphatic carbocycles. The number of amides is 1. The zero-order valence-electron chi connectivity index (χ0n) is 10.6. The number of carbonyl (C=O) groups is 2. The third-order valence-electron chi connectivity index (χ3n) is 2.60. The molecular weight excluding hydrogens is 208 g/mol. The standard InChI is InChI=1S/C11H22N2O3/c1-6(7(2)12)9(14)13-8(10(15)16)11(3,4)5/h6-8H,12H2,1-5H3,(H,13,14)(H,15,16)/t6?,7?,8-/m1/s1. The maximum Gasteiger partial charge on any atom is 0.326 e. The molecule has 0 aromatic heterocycles. The minimum Gasteiger partial charge on any atom is -0.480 e. The number of carboxylic acid groups (broad SMARTS) is 1. The van der Waals surface area contributed by atoms with Gasteiger partial charge in [-0.15, -0.1) is 0 Å². The van der Waals surface area contributed by atoms with Crippen LogP contribution in [0.15, 0.2) is 0 Å². The zero-order chi connectivity index (χ0) is 13.1. The molecule has 0 aliphatic rings. The van der Waals surface area contributed by atoms with E-state index >= 15 is 0 Å². The van der Waals surface area contributed by atoms with Crippen molar-refractivity contribution in [2.75, 3.05) is 0 Å². The van der Waals surface area contributed by atoms with Crippen molar-refractivity contribution in [2.24, 2.45) is 17.1 Å². The van der Waals surface area contributed by atoms with Crippen LogP contribution in [-0.2, 0) is 9.59 Å². The summed E-state index contributed by atoms with van der Waals surface area (Å²) in [5, 5.41) is 11.6. The number of hydrogen-bond acceptors (Lipinski definition) is 3. The fourth-order valence-electron chi connectivity index (χ4n) is 1.16. The van der Waals surface area contributed by atoms with E-state index < -0.39 is 23.3 Å². The Balaban J connectivity index is 4.67. The van der Waals surface area contributed by atoms with E-state index in [1.807, 2.05) is 0 Å². The summed E-state index contributed by atoms with van der Waals surface area (Å²) in [6.45, 7) is 8.70. The van der Waals surface area contributed by atoms with Crippen molar-refractivity contribution in [3.8, 4) is 0 Å². The van der Waals surface area contributed by atoms with Crippen LogP contribution in [-0.4, -0.2) is 29.1 Å². The molecule has 0 saturated heterocycles. The van der Waals surface area contributed by atoms with Gasteiger partial charge in [0.05, 0.1) is 0 Å². The zero-order valence-corrected chi connectivity index (χ0v) is 10.6. The number of aliphatic carboxylic acids is 1. The molecule has 0 heterocycles. The molecule has 0 rings (SSSR count). The van der Waals surface area contributed by atoms with Crippen molar-refractivity contribution in [1.29, 1.82) is 0 Å². The third-order valence-corrected chi connectivity index (χ3v) is 2.60. The van der Waals surface area contributed by atoms with Crippen LogP contribution in [0.3, 0.4) is 0 Å². The largest absolute Gasteiger partial charge is 0.480 e. The molecule has 0 aromatic carbocycles. The first-order valence-corrected chi connectivity index (χ1v) is 5.36. The molecule has 16 heavy (non-hydrogen) atoms. The molecular formula is C11H22N2O3. The van der Waals surface area contributed by atoms with E-state index in [1.54, 1.807) is 34.6 Å². The average molecular weight is 230 g/mol. The summed E-state index contributed by atoms with van der Waals surface area (Å²) in [7, 11) is 0. The summed E-state index contributed by atoms with van der Waals surface area (Å²) in [6, 6.07) is -1.20. The lowest BCUT2D eigenvalue weighted by molar-refractivity contribution is -0.145. The van der Waals surface area contributed by atoms with Crippen molar-refractivity contribution >= 4 is 11.9 Å². The van der Waals surface area contributed by atoms with Gasteiger partial charge in [-0.25, -0.2) is 4.79 Å². The number of nitrogens with two attached hydrogens (primary N) is 1. The van der Waals surface area contributed by atoms with Gasteiger partial charge in [-0.1, -0.05) is 27.7 Å². The van der Waals surface area contributed by atoms with E-state index in [9.17, 15) is 9.59 Å². The minimum absolute atomic E-state index is 0.297. The summed E-state index contributed by atoms with van der Waals surface area (Å²) in [5.41, 5.74) is 5.06. The number of carbonyl (C=O) groups excluding carboxylic acids is 1. The maximum atomic E-state index is 11.7. The van der Waals surface area contributed by atoms with Gasteiger partial charge in [0.2, 0.25) is 5.91 Å². The Labute approximate surface area is 96.4 Å². The fraction of sp³-hybridized carbons (Fsp3) is 0.818. The molecule has 1 amide bonds. The topological polar surface area (TPSA) is 92.4 Å². The van der Waals surface area contributed by atoms with Crippen molar-refractivity contribution in [3.05, 3.63) is 0 Å². The summed E-state index contributed by atoms with van der Waals surface area (Å²) >= 11 is 0. The summed E-state index contributed by atoms with van der Waals surface area (Å²) < 4.78 is 0. The first-order valence-electron chi connectivity index (χ1n) is 5.36. The summed E-state index contributed by atoms with van der Waals surface area (Å²) in [6.07, 6.45) is 0. The Morgan fingerprint density at radius 3 is 1.94 bits per heavy atom. The second kappa shape index (κ2) is 5.30. The Morgan fingerprint density at radius 1 is 1.25 bits per heavy atom. The van der Waals surface area contributed by atoms with Crippen LogP contribution in [0, 0.1) is 11.3 Å². The molecule has 0 bridgehead atoms. The van der Waals surface area contributed by atoms with Crippen molar-refractivity contribution in [3.63, 3.8) is 0 Å². The SMILES string of the molecule is CC(N)C(C)C(=O)N[C@H](C(=O)O)C(C)(C)C. The fourth-order valence-corrected chi connectivity index (χ4v) is 1.16. The molecule has 0 aliphatic heterocycles. The molecule has 0 saturated carbocycles. The smallest absolute Gasteiger partial charge is 0.326 e. The van der Waals surface area contributed by atoms with E-state index in [1.165, 1.54) is 0 Å². The van der Waals surface area contributed by atoms with Crippen LogP contribution in [0.2, 0.25) is 0 Å². The highest BCUT2D eigenvalue weighted by Gasteiger charge is 2.33. The number of hydrogen-bond donors (Lipinski definition) is 3. The van der Waals surface area contributed by atoms with E-state index in [0.717, 1.165) is 0 Å². The Morgan fingerprint density at radius 2 is 1.69 bits per heavy atom. The molecule has 0 aromatic rings. The monoisotopic (exact) mass is 230 g/mol. The minimum atomic E-state index is -1.03. The normalized spacial score (nSPS) is 17.4. The van der Waals surface area contributed by atoms with Gasteiger partial charge in [0.15, 0.2) is 0 Å². The van der Waals surface area contributed by atoms with Crippen LogP contribution in [0.25, 0.3) is 0 Å².